The number of nitrogens with zero attached hydrogens (tertiary/aromatic N) is 2. The van der Waals surface area contributed by atoms with Gasteiger partial charge < -0.3 is 14.8 Å². The largest absolute Gasteiger partial charge is 0.471 e. The number of rotatable bonds is 9. The number of amides is 2. The van der Waals surface area contributed by atoms with E-state index in [0.29, 0.717) is 41.2 Å². The van der Waals surface area contributed by atoms with Crippen LogP contribution in [0.25, 0.3) is 0 Å². The van der Waals surface area contributed by atoms with Crippen molar-refractivity contribution in [2.24, 2.45) is 5.92 Å². The second-order valence-electron chi connectivity index (χ2n) is 8.01. The van der Waals surface area contributed by atoms with Crippen molar-refractivity contribution >= 4 is 34.8 Å². The maximum atomic E-state index is 13.4. The summed E-state index contributed by atoms with van der Waals surface area (Å²) in [5.41, 5.74) is 0. The molecule has 0 radical (unpaired) electrons. The molecule has 2 fully saturated rings. The molecule has 1 atom stereocenters. The number of thiophene rings is 1. The number of carbonyl (C=O) groups excluding carboxylic acids is 2. The zero-order valence-electron chi connectivity index (χ0n) is 17.2. The van der Waals surface area contributed by atoms with Crippen molar-refractivity contribution in [1.29, 1.82) is 0 Å². The van der Waals surface area contributed by atoms with Crippen LogP contribution in [0, 0.1) is 5.92 Å². The van der Waals surface area contributed by atoms with Crippen molar-refractivity contribution in [2.45, 2.75) is 44.2 Å². The number of halogens is 1. The van der Waals surface area contributed by atoms with Gasteiger partial charge in [0.25, 0.3) is 5.91 Å². The molecule has 1 unspecified atom stereocenters. The summed E-state index contributed by atoms with van der Waals surface area (Å²) in [6.45, 7) is 0.946. The first-order valence-electron chi connectivity index (χ1n) is 10.6. The van der Waals surface area contributed by atoms with Crippen LogP contribution < -0.4 is 10.1 Å². The lowest BCUT2D eigenvalue weighted by molar-refractivity contribution is -0.131. The Balaban J connectivity index is 1.56. The monoisotopic (exact) mass is 463 g/mol. The smallest absolute Gasteiger partial charge is 0.267 e. The van der Waals surface area contributed by atoms with Gasteiger partial charge in [-0.1, -0.05) is 43.4 Å². The minimum Gasteiger partial charge on any atom is -0.471 e. The van der Waals surface area contributed by atoms with E-state index in [1.807, 2.05) is 11.4 Å². The molecule has 0 aromatic carbocycles. The third-order valence-corrected chi connectivity index (χ3v) is 6.80. The topological polar surface area (TPSA) is 80.8 Å². The average Bonchev–Trinajstić information content (AvgIpc) is 3.44. The third-order valence-electron chi connectivity index (χ3n) is 5.74. The molecule has 7 nitrogen and oxygen atoms in total. The molecule has 4 rings (SSSR count). The van der Waals surface area contributed by atoms with Gasteiger partial charge in [0.15, 0.2) is 6.73 Å². The number of hydrogen-bond acceptors (Lipinski definition) is 6. The molecular formula is C22H26ClN3O4S. The fourth-order valence-electron chi connectivity index (χ4n) is 4.00. The highest BCUT2D eigenvalue weighted by atomic mass is 35.5. The van der Waals surface area contributed by atoms with E-state index in [-0.39, 0.29) is 24.6 Å². The van der Waals surface area contributed by atoms with Gasteiger partial charge in [0.1, 0.15) is 11.8 Å². The lowest BCUT2D eigenvalue weighted by Crippen LogP contribution is -2.57. The summed E-state index contributed by atoms with van der Waals surface area (Å²) in [5.74, 6) is 0.495. The predicted octanol–water partition coefficient (Wildman–Crippen LogP) is 3.74. The van der Waals surface area contributed by atoms with E-state index in [4.69, 9.17) is 21.1 Å². The molecule has 9 heteroatoms. The van der Waals surface area contributed by atoms with Crippen molar-refractivity contribution in [2.75, 3.05) is 19.9 Å². The summed E-state index contributed by atoms with van der Waals surface area (Å²) in [6, 6.07) is 4.61. The summed E-state index contributed by atoms with van der Waals surface area (Å²) in [7, 11) is 0. The Bertz CT molecular complexity index is 885. The highest BCUT2D eigenvalue weighted by Gasteiger charge is 2.36. The van der Waals surface area contributed by atoms with Gasteiger partial charge in [-0.25, -0.2) is 0 Å². The first-order chi connectivity index (χ1) is 15.1. The molecule has 0 spiro atoms. The first-order valence-corrected chi connectivity index (χ1v) is 11.8. The maximum absolute atomic E-state index is 13.4. The van der Waals surface area contributed by atoms with E-state index in [2.05, 4.69) is 10.3 Å². The Morgan fingerprint density at radius 1 is 1.32 bits per heavy atom. The number of aromatic nitrogens is 1. The fraction of sp³-hybridized carbons (Fsp3) is 0.500. The van der Waals surface area contributed by atoms with Crippen LogP contribution in [0.1, 0.15) is 41.8 Å². The van der Waals surface area contributed by atoms with E-state index in [0.717, 1.165) is 12.8 Å². The minimum atomic E-state index is -0.620. The number of carbonyl (C=O) groups is 2. The summed E-state index contributed by atoms with van der Waals surface area (Å²) in [5, 5.41) is 5.33. The highest BCUT2D eigenvalue weighted by Crippen LogP contribution is 2.31. The van der Waals surface area contributed by atoms with Crippen molar-refractivity contribution < 1.29 is 19.1 Å². The van der Waals surface area contributed by atoms with Gasteiger partial charge in [0.05, 0.1) is 35.4 Å². The van der Waals surface area contributed by atoms with Crippen molar-refractivity contribution in [1.82, 2.24) is 15.2 Å². The SMILES string of the molecule is O=C(NC1COC1)C(CC1CCCC1)N(COc1cncc(Cl)c1)C(=O)c1cccs1. The molecule has 1 saturated carbocycles. The molecule has 0 bridgehead atoms. The van der Waals surface area contributed by atoms with Crippen LogP contribution in [-0.2, 0) is 9.53 Å². The molecule has 2 aliphatic rings. The van der Waals surface area contributed by atoms with Crippen LogP contribution in [0.5, 0.6) is 5.75 Å². The number of ether oxygens (including phenoxy) is 2. The van der Waals surface area contributed by atoms with Crippen LogP contribution in [0.15, 0.2) is 36.0 Å². The quantitative estimate of drug-likeness (QED) is 0.573. The van der Waals surface area contributed by atoms with Gasteiger partial charge >= 0.3 is 0 Å². The van der Waals surface area contributed by atoms with Crippen molar-refractivity contribution in [3.63, 3.8) is 0 Å². The Kier molecular flexibility index (Phi) is 7.42. The number of pyridine rings is 1. The molecule has 2 aromatic rings. The van der Waals surface area contributed by atoms with E-state index < -0.39 is 6.04 Å². The molecule has 1 N–H and O–H groups in total. The normalized spacial score (nSPS) is 17.7. The van der Waals surface area contributed by atoms with Crippen LogP contribution in [0.2, 0.25) is 5.02 Å². The van der Waals surface area contributed by atoms with Gasteiger partial charge in [0, 0.05) is 12.3 Å². The summed E-state index contributed by atoms with van der Waals surface area (Å²) < 4.78 is 11.1. The molecule has 1 aliphatic heterocycles. The second-order valence-corrected chi connectivity index (χ2v) is 9.39. The molecule has 2 aromatic heterocycles. The third kappa shape index (κ3) is 5.75. The molecule has 166 valence electrons. The fourth-order valence-corrected chi connectivity index (χ4v) is 4.84. The maximum Gasteiger partial charge on any atom is 0.267 e. The second kappa shape index (κ2) is 10.4. The molecule has 1 aliphatic carbocycles. The summed E-state index contributed by atoms with van der Waals surface area (Å²) in [6.07, 6.45) is 8.16. The minimum absolute atomic E-state index is 0.00434. The lowest BCUT2D eigenvalue weighted by atomic mass is 9.96. The molecule has 31 heavy (non-hydrogen) atoms. The van der Waals surface area contributed by atoms with Crippen molar-refractivity contribution in [3.05, 3.63) is 45.9 Å². The first kappa shape index (κ1) is 22.0. The Labute approximate surface area is 190 Å². The standard InChI is InChI=1S/C22H26ClN3O4S/c23-16-9-18(11-24-10-16)30-14-26(22(28)20-6-3-7-31-20)19(8-15-4-1-2-5-15)21(27)25-17-12-29-13-17/h3,6-7,9-11,15,17,19H,1-2,4-5,8,12-14H2,(H,25,27). The van der Waals surface area contributed by atoms with Crippen LogP contribution in [-0.4, -0.2) is 53.7 Å². The number of hydrogen-bond donors (Lipinski definition) is 1. The van der Waals surface area contributed by atoms with Crippen LogP contribution >= 0.6 is 22.9 Å². The lowest BCUT2D eigenvalue weighted by Gasteiger charge is -2.35. The summed E-state index contributed by atoms with van der Waals surface area (Å²) in [4.78, 5) is 32.8. The van der Waals surface area contributed by atoms with Gasteiger partial charge in [-0.3, -0.25) is 19.5 Å². The van der Waals surface area contributed by atoms with E-state index in [1.165, 1.54) is 36.6 Å². The van der Waals surface area contributed by atoms with E-state index in [1.54, 1.807) is 17.0 Å². The Morgan fingerprint density at radius 2 is 2.13 bits per heavy atom. The van der Waals surface area contributed by atoms with E-state index in [9.17, 15) is 9.59 Å². The Hall–Kier alpha value is -2.16. The average molecular weight is 464 g/mol. The summed E-state index contributed by atoms with van der Waals surface area (Å²) >= 11 is 7.37. The zero-order valence-corrected chi connectivity index (χ0v) is 18.7. The van der Waals surface area contributed by atoms with Crippen LogP contribution in [0.3, 0.4) is 0 Å². The predicted molar refractivity (Wildman–Crippen MR) is 118 cm³/mol. The Morgan fingerprint density at radius 3 is 2.77 bits per heavy atom. The van der Waals surface area contributed by atoms with Gasteiger partial charge in [-0.05, 0) is 23.8 Å². The molecule has 2 amide bonds. The van der Waals surface area contributed by atoms with E-state index >= 15 is 0 Å². The van der Waals surface area contributed by atoms with Crippen LogP contribution in [0.4, 0.5) is 0 Å². The van der Waals surface area contributed by atoms with Gasteiger partial charge in [-0.15, -0.1) is 11.3 Å². The highest BCUT2D eigenvalue weighted by molar-refractivity contribution is 7.12. The van der Waals surface area contributed by atoms with Crippen molar-refractivity contribution in [3.8, 4) is 5.75 Å². The van der Waals surface area contributed by atoms with Gasteiger partial charge in [-0.2, -0.15) is 0 Å². The molecule has 1 saturated heterocycles. The zero-order chi connectivity index (χ0) is 21.6. The molecular weight excluding hydrogens is 438 g/mol. The number of nitrogens with one attached hydrogen (secondary N) is 1. The molecule has 3 heterocycles. The van der Waals surface area contributed by atoms with Gasteiger partial charge in [0.2, 0.25) is 5.91 Å².